The first kappa shape index (κ1) is 19.4. The van der Waals surface area contributed by atoms with Crippen molar-refractivity contribution >= 4 is 28.4 Å². The first-order valence-corrected chi connectivity index (χ1v) is 8.42. The number of amides is 1. The van der Waals surface area contributed by atoms with Gasteiger partial charge < -0.3 is 15.8 Å². The Kier molecular flexibility index (Phi) is 5.97. The Bertz CT molecular complexity index is 801. The Hall–Kier alpha value is -2.90. The van der Waals surface area contributed by atoms with E-state index in [9.17, 15) is 14.9 Å². The third-order valence-corrected chi connectivity index (χ3v) is 4.12. The van der Waals surface area contributed by atoms with Crippen molar-refractivity contribution in [3.05, 3.63) is 40.6 Å². The fourth-order valence-corrected chi connectivity index (χ4v) is 2.76. The summed E-state index contributed by atoms with van der Waals surface area (Å²) in [4.78, 5) is 26.1. The van der Waals surface area contributed by atoms with Crippen molar-refractivity contribution in [3.63, 3.8) is 0 Å². The second-order valence-corrected chi connectivity index (χ2v) is 7.15. The van der Waals surface area contributed by atoms with Gasteiger partial charge in [0.15, 0.2) is 0 Å². The molecule has 1 aromatic heterocycles. The summed E-state index contributed by atoms with van der Waals surface area (Å²) in [6.07, 6.45) is 1.39. The van der Waals surface area contributed by atoms with Crippen LogP contribution in [0.3, 0.4) is 0 Å². The maximum atomic E-state index is 11.3. The Morgan fingerprint density at radius 1 is 1.38 bits per heavy atom. The first-order valence-electron chi connectivity index (χ1n) is 8.42. The largest absolute Gasteiger partial charge is 0.446 e. The third-order valence-electron chi connectivity index (χ3n) is 4.12. The van der Waals surface area contributed by atoms with Gasteiger partial charge in [0.1, 0.15) is 18.0 Å². The molecule has 1 amide bonds. The van der Waals surface area contributed by atoms with Crippen LogP contribution in [0.2, 0.25) is 0 Å². The molecule has 1 atom stereocenters. The van der Waals surface area contributed by atoms with Gasteiger partial charge in [-0.25, -0.2) is 9.78 Å². The number of ether oxygens (including phenoxy) is 1. The number of hydrogen-bond donors (Lipinski definition) is 2. The number of carbonyl (C=O) groups excluding carboxylic acids is 1. The Labute approximate surface area is 151 Å². The lowest BCUT2D eigenvalue weighted by molar-refractivity contribution is -0.384. The fraction of sp³-hybridized carbons (Fsp3) is 0.444. The molecule has 2 aromatic rings. The van der Waals surface area contributed by atoms with Crippen LogP contribution in [0.15, 0.2) is 30.5 Å². The summed E-state index contributed by atoms with van der Waals surface area (Å²) in [5.74, 6) is 0. The van der Waals surface area contributed by atoms with Crippen molar-refractivity contribution < 1.29 is 14.5 Å². The summed E-state index contributed by atoms with van der Waals surface area (Å²) in [6.45, 7) is 6.39. The Morgan fingerprint density at radius 2 is 2.08 bits per heavy atom. The Morgan fingerprint density at radius 3 is 2.69 bits per heavy atom. The van der Waals surface area contributed by atoms with E-state index in [4.69, 9.17) is 10.5 Å². The number of rotatable bonds is 7. The number of carbonyl (C=O) groups is 1. The zero-order chi connectivity index (χ0) is 19.3. The maximum Gasteiger partial charge on any atom is 0.404 e. The molecule has 0 aliphatic rings. The molecule has 0 radical (unpaired) electrons. The monoisotopic (exact) mass is 360 g/mol. The number of benzene rings is 1. The molecule has 0 bridgehead atoms. The number of hydrogen-bond acceptors (Lipinski definition) is 6. The molecule has 26 heavy (non-hydrogen) atoms. The lowest BCUT2D eigenvalue weighted by Gasteiger charge is -2.29. The smallest absolute Gasteiger partial charge is 0.404 e. The minimum atomic E-state index is -0.798. The van der Waals surface area contributed by atoms with Gasteiger partial charge in [-0.3, -0.25) is 10.1 Å². The van der Waals surface area contributed by atoms with Crippen LogP contribution in [0.1, 0.15) is 33.6 Å². The molecule has 8 heteroatoms. The number of nitrogens with zero attached hydrogens (tertiary/aromatic N) is 2. The quantitative estimate of drug-likeness (QED) is 0.439. The molecular weight excluding hydrogens is 336 g/mol. The predicted octanol–water partition coefficient (Wildman–Crippen LogP) is 3.85. The van der Waals surface area contributed by atoms with E-state index < -0.39 is 11.0 Å². The lowest BCUT2D eigenvalue weighted by atomic mass is 9.86. The number of pyridine rings is 1. The van der Waals surface area contributed by atoms with Gasteiger partial charge in [0, 0.05) is 11.9 Å². The number of fused-ring (bicyclic) bond motifs is 1. The van der Waals surface area contributed by atoms with Crippen LogP contribution in [-0.4, -0.2) is 28.6 Å². The van der Waals surface area contributed by atoms with Gasteiger partial charge in [0.25, 0.3) is 0 Å². The SMILES string of the molecule is CC(C)(C)C(CCCNc1c([N+](=O)[O-])cnc2ccccc12)OC(N)=O. The predicted molar refractivity (Wildman–Crippen MR) is 100 cm³/mol. The molecule has 3 N–H and O–H groups in total. The minimum absolute atomic E-state index is 0.0653. The van der Waals surface area contributed by atoms with Gasteiger partial charge in [0.2, 0.25) is 0 Å². The zero-order valence-corrected chi connectivity index (χ0v) is 15.2. The first-order chi connectivity index (χ1) is 12.2. The van der Waals surface area contributed by atoms with E-state index in [1.807, 2.05) is 32.9 Å². The zero-order valence-electron chi connectivity index (χ0n) is 15.2. The molecule has 0 aliphatic heterocycles. The van der Waals surface area contributed by atoms with E-state index in [2.05, 4.69) is 10.3 Å². The molecule has 1 unspecified atom stereocenters. The summed E-state index contributed by atoms with van der Waals surface area (Å²) >= 11 is 0. The van der Waals surface area contributed by atoms with Crippen LogP contribution in [0.5, 0.6) is 0 Å². The third kappa shape index (κ3) is 4.81. The van der Waals surface area contributed by atoms with E-state index in [0.29, 0.717) is 36.0 Å². The molecule has 0 fully saturated rings. The number of para-hydroxylation sites is 1. The van der Waals surface area contributed by atoms with Crippen molar-refractivity contribution in [1.82, 2.24) is 4.98 Å². The fourth-order valence-electron chi connectivity index (χ4n) is 2.76. The number of nitro groups is 1. The maximum absolute atomic E-state index is 11.3. The Balaban J connectivity index is 2.10. The summed E-state index contributed by atoms with van der Waals surface area (Å²) in [6, 6.07) is 7.25. The molecule has 2 rings (SSSR count). The average Bonchev–Trinajstić information content (AvgIpc) is 2.55. The second-order valence-electron chi connectivity index (χ2n) is 7.15. The summed E-state index contributed by atoms with van der Waals surface area (Å²) in [7, 11) is 0. The number of aromatic nitrogens is 1. The van der Waals surface area contributed by atoms with Crippen LogP contribution in [0, 0.1) is 15.5 Å². The molecule has 1 heterocycles. The number of nitrogens with one attached hydrogen (secondary N) is 1. The van der Waals surface area contributed by atoms with Gasteiger partial charge in [0.05, 0.1) is 10.4 Å². The highest BCUT2D eigenvalue weighted by atomic mass is 16.6. The number of primary amides is 1. The summed E-state index contributed by atoms with van der Waals surface area (Å²) < 4.78 is 5.19. The lowest BCUT2D eigenvalue weighted by Crippen LogP contribution is -2.34. The van der Waals surface area contributed by atoms with Gasteiger partial charge >= 0.3 is 11.8 Å². The summed E-state index contributed by atoms with van der Waals surface area (Å²) in [5.41, 5.74) is 5.96. The molecule has 140 valence electrons. The van der Waals surface area contributed by atoms with Crippen molar-refractivity contribution in [1.29, 1.82) is 0 Å². The number of nitrogens with two attached hydrogens (primary N) is 1. The highest BCUT2D eigenvalue weighted by Crippen LogP contribution is 2.31. The van der Waals surface area contributed by atoms with Crippen molar-refractivity contribution in [2.24, 2.45) is 11.1 Å². The molecular formula is C18H24N4O4. The van der Waals surface area contributed by atoms with Crippen LogP contribution >= 0.6 is 0 Å². The standard InChI is InChI=1S/C18H24N4O4/c1-18(2,3)15(26-17(19)23)9-6-10-20-16-12-7-4-5-8-13(12)21-11-14(16)22(24)25/h4-5,7-8,11,15H,6,9-10H2,1-3H3,(H2,19,23)(H,20,21). The molecule has 0 saturated heterocycles. The van der Waals surface area contributed by atoms with E-state index >= 15 is 0 Å². The minimum Gasteiger partial charge on any atom is -0.446 e. The van der Waals surface area contributed by atoms with Crippen molar-refractivity contribution in [2.75, 3.05) is 11.9 Å². The molecule has 0 spiro atoms. The molecule has 0 saturated carbocycles. The van der Waals surface area contributed by atoms with Crippen LogP contribution in [0.4, 0.5) is 16.2 Å². The van der Waals surface area contributed by atoms with Gasteiger partial charge in [-0.15, -0.1) is 0 Å². The van der Waals surface area contributed by atoms with E-state index in [1.54, 1.807) is 12.1 Å². The normalized spacial score (nSPS) is 12.6. The molecule has 8 nitrogen and oxygen atoms in total. The van der Waals surface area contributed by atoms with Gasteiger partial charge in [-0.05, 0) is 24.3 Å². The number of anilines is 1. The van der Waals surface area contributed by atoms with Crippen molar-refractivity contribution in [2.45, 2.75) is 39.7 Å². The second kappa shape index (κ2) is 7.99. The summed E-state index contributed by atoms with van der Waals surface area (Å²) in [5, 5.41) is 15.2. The van der Waals surface area contributed by atoms with Crippen LogP contribution < -0.4 is 11.1 Å². The average molecular weight is 360 g/mol. The van der Waals surface area contributed by atoms with Gasteiger partial charge in [-0.1, -0.05) is 39.0 Å². The van der Waals surface area contributed by atoms with Crippen LogP contribution in [0.25, 0.3) is 10.9 Å². The van der Waals surface area contributed by atoms with Gasteiger partial charge in [-0.2, -0.15) is 0 Å². The van der Waals surface area contributed by atoms with E-state index in [-0.39, 0.29) is 17.2 Å². The highest BCUT2D eigenvalue weighted by molar-refractivity contribution is 5.95. The van der Waals surface area contributed by atoms with E-state index in [0.717, 1.165) is 0 Å². The molecule has 0 aliphatic carbocycles. The van der Waals surface area contributed by atoms with E-state index in [1.165, 1.54) is 6.20 Å². The highest BCUT2D eigenvalue weighted by Gasteiger charge is 2.27. The topological polar surface area (TPSA) is 120 Å². The molecule has 1 aromatic carbocycles. The van der Waals surface area contributed by atoms with Crippen LogP contribution in [-0.2, 0) is 4.74 Å². The van der Waals surface area contributed by atoms with Crippen molar-refractivity contribution in [3.8, 4) is 0 Å².